The van der Waals surface area contributed by atoms with E-state index in [0.29, 0.717) is 24.1 Å². The minimum absolute atomic E-state index is 0.125. The lowest BCUT2D eigenvalue weighted by Crippen LogP contribution is -2.39. The lowest BCUT2D eigenvalue weighted by atomic mass is 10.1. The summed E-state index contributed by atoms with van der Waals surface area (Å²) < 4.78 is 0. The highest BCUT2D eigenvalue weighted by Gasteiger charge is 2.14. The molecule has 0 saturated carbocycles. The maximum Gasteiger partial charge on any atom is 0.223 e. The molecule has 0 bridgehead atoms. The van der Waals surface area contributed by atoms with Gasteiger partial charge in [0.2, 0.25) is 5.95 Å². The Kier molecular flexibility index (Phi) is 5.18. The third-order valence-electron chi connectivity index (χ3n) is 3.15. The Labute approximate surface area is 118 Å². The number of nitrogens with two attached hydrogens (primary N) is 1. The molecule has 6 nitrogen and oxygen atoms in total. The van der Waals surface area contributed by atoms with Crippen molar-refractivity contribution in [2.45, 2.75) is 25.4 Å². The molecule has 1 aromatic rings. The van der Waals surface area contributed by atoms with Crippen LogP contribution < -0.4 is 11.1 Å². The van der Waals surface area contributed by atoms with Gasteiger partial charge in [0.15, 0.2) is 0 Å². The van der Waals surface area contributed by atoms with E-state index in [1.807, 2.05) is 0 Å². The summed E-state index contributed by atoms with van der Waals surface area (Å²) in [5.41, 5.74) is 5.50. The van der Waals surface area contributed by atoms with Crippen molar-refractivity contribution in [2.24, 2.45) is 0 Å². The topological polar surface area (TPSA) is 87.3 Å². The molecule has 0 amide bonds. The quantitative estimate of drug-likeness (QED) is 0.699. The Morgan fingerprint density at radius 1 is 1.37 bits per heavy atom. The van der Waals surface area contributed by atoms with E-state index in [1.54, 1.807) is 6.07 Å². The van der Waals surface area contributed by atoms with Gasteiger partial charge < -0.3 is 21.1 Å². The maximum absolute atomic E-state index is 9.99. The Bertz CT molecular complexity index is 391. The molecule has 0 spiro atoms. The van der Waals surface area contributed by atoms with Crippen LogP contribution in [-0.2, 0) is 0 Å². The van der Waals surface area contributed by atoms with E-state index in [0.717, 1.165) is 13.1 Å². The summed E-state index contributed by atoms with van der Waals surface area (Å²) in [6, 6.07) is 1.59. The minimum atomic E-state index is -0.437. The van der Waals surface area contributed by atoms with Crippen molar-refractivity contribution in [3.05, 3.63) is 11.2 Å². The Hall–Kier alpha value is -1.11. The number of halogens is 1. The standard InChI is InChI=1S/C12H20ClN5O/c13-10-6-11(17-12(14)16-10)15-7-9(19)8-18-4-2-1-3-5-18/h6,9,19H,1-5,7-8H2,(H3,14,15,16,17). The van der Waals surface area contributed by atoms with Crippen LogP contribution >= 0.6 is 11.6 Å². The number of aromatic nitrogens is 2. The van der Waals surface area contributed by atoms with Gasteiger partial charge in [0.1, 0.15) is 11.0 Å². The summed E-state index contributed by atoms with van der Waals surface area (Å²) in [6.07, 6.45) is 3.30. The molecule has 0 aromatic carbocycles. The fourth-order valence-corrected chi connectivity index (χ4v) is 2.44. The van der Waals surface area contributed by atoms with Crippen LogP contribution in [-0.4, -0.2) is 52.3 Å². The van der Waals surface area contributed by atoms with Crippen LogP contribution in [0.4, 0.5) is 11.8 Å². The molecule has 0 aliphatic carbocycles. The van der Waals surface area contributed by atoms with Crippen LogP contribution in [0.15, 0.2) is 6.07 Å². The summed E-state index contributed by atoms with van der Waals surface area (Å²) in [5, 5.41) is 13.3. The zero-order chi connectivity index (χ0) is 13.7. The number of aliphatic hydroxyl groups is 1. The fraction of sp³-hybridized carbons (Fsp3) is 0.667. The number of likely N-dealkylation sites (tertiary alicyclic amines) is 1. The first-order valence-corrected chi connectivity index (χ1v) is 6.95. The third-order valence-corrected chi connectivity index (χ3v) is 3.34. The van der Waals surface area contributed by atoms with Gasteiger partial charge in [-0.1, -0.05) is 18.0 Å². The summed E-state index contributed by atoms with van der Waals surface area (Å²) in [7, 11) is 0. The van der Waals surface area contributed by atoms with Crippen molar-refractivity contribution < 1.29 is 5.11 Å². The number of hydrogen-bond donors (Lipinski definition) is 3. The van der Waals surface area contributed by atoms with Crippen molar-refractivity contribution in [3.63, 3.8) is 0 Å². The number of hydrogen-bond acceptors (Lipinski definition) is 6. The van der Waals surface area contributed by atoms with Gasteiger partial charge >= 0.3 is 0 Å². The summed E-state index contributed by atoms with van der Waals surface area (Å²) in [4.78, 5) is 10.1. The monoisotopic (exact) mass is 285 g/mol. The number of nitrogens with one attached hydrogen (secondary N) is 1. The molecular formula is C12H20ClN5O. The molecule has 2 heterocycles. The molecule has 1 unspecified atom stereocenters. The molecular weight excluding hydrogens is 266 g/mol. The average Bonchev–Trinajstić information content (AvgIpc) is 2.36. The summed E-state index contributed by atoms with van der Waals surface area (Å²) >= 11 is 5.78. The first-order chi connectivity index (χ1) is 9.13. The lowest BCUT2D eigenvalue weighted by molar-refractivity contribution is 0.109. The molecule has 1 aliphatic heterocycles. The van der Waals surface area contributed by atoms with E-state index in [9.17, 15) is 5.11 Å². The average molecular weight is 286 g/mol. The van der Waals surface area contributed by atoms with Crippen molar-refractivity contribution >= 4 is 23.4 Å². The second-order valence-corrected chi connectivity index (χ2v) is 5.22. The first-order valence-electron chi connectivity index (χ1n) is 6.58. The van der Waals surface area contributed by atoms with Crippen molar-refractivity contribution in [2.75, 3.05) is 37.2 Å². The molecule has 2 rings (SSSR count). The molecule has 1 aromatic heterocycles. The van der Waals surface area contributed by atoms with Crippen molar-refractivity contribution in [3.8, 4) is 0 Å². The van der Waals surface area contributed by atoms with Gasteiger partial charge in [-0.05, 0) is 25.9 Å². The van der Waals surface area contributed by atoms with Gasteiger partial charge in [0.25, 0.3) is 0 Å². The largest absolute Gasteiger partial charge is 0.390 e. The van der Waals surface area contributed by atoms with Crippen molar-refractivity contribution in [1.82, 2.24) is 14.9 Å². The van der Waals surface area contributed by atoms with Crippen LogP contribution in [0.1, 0.15) is 19.3 Å². The van der Waals surface area contributed by atoms with Crippen LogP contribution in [0.25, 0.3) is 0 Å². The van der Waals surface area contributed by atoms with Crippen LogP contribution in [0, 0.1) is 0 Å². The van der Waals surface area contributed by atoms with E-state index in [-0.39, 0.29) is 5.95 Å². The van der Waals surface area contributed by atoms with Gasteiger partial charge in [-0.15, -0.1) is 0 Å². The predicted molar refractivity (Wildman–Crippen MR) is 76.2 cm³/mol. The van der Waals surface area contributed by atoms with Gasteiger partial charge in [-0.2, -0.15) is 4.98 Å². The summed E-state index contributed by atoms with van der Waals surface area (Å²) in [6.45, 7) is 3.25. The third kappa shape index (κ3) is 4.81. The van der Waals surface area contributed by atoms with Crippen molar-refractivity contribution in [1.29, 1.82) is 0 Å². The Balaban J connectivity index is 1.77. The number of nitrogen functional groups attached to an aromatic ring is 1. The minimum Gasteiger partial charge on any atom is -0.390 e. The van der Waals surface area contributed by atoms with E-state index in [2.05, 4.69) is 20.2 Å². The molecule has 19 heavy (non-hydrogen) atoms. The lowest BCUT2D eigenvalue weighted by Gasteiger charge is -2.28. The van der Waals surface area contributed by atoms with Gasteiger partial charge in [-0.3, -0.25) is 0 Å². The number of β-amino-alcohol motifs (C(OH)–C–C–N with tert-alkyl or cyclic N) is 1. The number of aliphatic hydroxyl groups excluding tert-OH is 1. The second-order valence-electron chi connectivity index (χ2n) is 4.83. The Morgan fingerprint density at radius 2 is 2.11 bits per heavy atom. The molecule has 7 heteroatoms. The normalized spacial score (nSPS) is 18.2. The van der Waals surface area contributed by atoms with Gasteiger partial charge in [-0.25, -0.2) is 4.98 Å². The molecule has 1 fully saturated rings. The van der Waals surface area contributed by atoms with E-state index in [1.165, 1.54) is 19.3 Å². The molecule has 1 aliphatic rings. The number of rotatable bonds is 5. The second kappa shape index (κ2) is 6.88. The summed E-state index contributed by atoms with van der Waals surface area (Å²) in [5.74, 6) is 0.663. The smallest absolute Gasteiger partial charge is 0.223 e. The van der Waals surface area contributed by atoms with Crippen LogP contribution in [0.3, 0.4) is 0 Å². The van der Waals surface area contributed by atoms with Gasteiger partial charge in [0, 0.05) is 19.2 Å². The molecule has 4 N–H and O–H groups in total. The molecule has 106 valence electrons. The highest BCUT2D eigenvalue weighted by molar-refractivity contribution is 6.29. The zero-order valence-corrected chi connectivity index (χ0v) is 11.6. The first kappa shape index (κ1) is 14.3. The zero-order valence-electron chi connectivity index (χ0n) is 10.8. The maximum atomic E-state index is 9.99. The highest BCUT2D eigenvalue weighted by atomic mass is 35.5. The predicted octanol–water partition coefficient (Wildman–Crippen LogP) is 0.971. The highest BCUT2D eigenvalue weighted by Crippen LogP contribution is 2.13. The number of piperidine rings is 1. The van der Waals surface area contributed by atoms with Crippen LogP contribution in [0.2, 0.25) is 5.15 Å². The molecule has 1 atom stereocenters. The van der Waals surface area contributed by atoms with E-state index >= 15 is 0 Å². The molecule has 1 saturated heterocycles. The fourth-order valence-electron chi connectivity index (χ4n) is 2.25. The van der Waals surface area contributed by atoms with Gasteiger partial charge in [0.05, 0.1) is 6.10 Å². The van der Waals surface area contributed by atoms with Crippen LogP contribution in [0.5, 0.6) is 0 Å². The SMILES string of the molecule is Nc1nc(Cl)cc(NCC(O)CN2CCCCC2)n1. The Morgan fingerprint density at radius 3 is 2.79 bits per heavy atom. The van der Waals surface area contributed by atoms with E-state index in [4.69, 9.17) is 17.3 Å². The number of anilines is 2. The number of nitrogens with zero attached hydrogens (tertiary/aromatic N) is 3. The molecule has 0 radical (unpaired) electrons. The van der Waals surface area contributed by atoms with E-state index < -0.39 is 6.10 Å².